The minimum atomic E-state index is 0.687. The Morgan fingerprint density at radius 3 is 2.20 bits per heavy atom. The van der Waals surface area contributed by atoms with E-state index in [1.807, 2.05) is 36.4 Å². The van der Waals surface area contributed by atoms with Crippen molar-refractivity contribution in [3.05, 3.63) is 65.5 Å². The van der Waals surface area contributed by atoms with Gasteiger partial charge in [-0.2, -0.15) is 0 Å². The van der Waals surface area contributed by atoms with E-state index in [1.165, 1.54) is 16.7 Å². The molecule has 2 rings (SSSR count). The molecule has 0 spiro atoms. The molecule has 1 heteroatoms. The van der Waals surface area contributed by atoms with E-state index in [2.05, 4.69) is 23.9 Å². The van der Waals surface area contributed by atoms with E-state index in [9.17, 15) is 0 Å². The second-order valence-corrected chi connectivity index (χ2v) is 3.47. The van der Waals surface area contributed by atoms with E-state index in [0.717, 1.165) is 0 Å². The number of nitrogens with zero attached hydrogens (tertiary/aromatic N) is 1. The first-order valence-corrected chi connectivity index (χ1v) is 4.85. The summed E-state index contributed by atoms with van der Waals surface area (Å²) in [5.41, 5.74) is 4.34. The summed E-state index contributed by atoms with van der Waals surface area (Å²) in [5, 5.41) is 0. The van der Waals surface area contributed by atoms with E-state index in [-0.39, 0.29) is 0 Å². The van der Waals surface area contributed by atoms with Gasteiger partial charge in [0.2, 0.25) is 0 Å². The van der Waals surface area contributed by atoms with E-state index in [1.54, 1.807) is 0 Å². The van der Waals surface area contributed by atoms with Gasteiger partial charge in [0.1, 0.15) is 0 Å². The fourth-order valence-electron chi connectivity index (χ4n) is 1.61. The van der Waals surface area contributed by atoms with Crippen LogP contribution in [0.3, 0.4) is 0 Å². The lowest BCUT2D eigenvalue weighted by molar-refractivity contribution is 1.46. The molecule has 2 aromatic rings. The summed E-state index contributed by atoms with van der Waals surface area (Å²) in [6.07, 6.45) is 0. The highest BCUT2D eigenvalue weighted by atomic mass is 14.6. The molecular weight excluding hydrogens is 182 g/mol. The first kappa shape index (κ1) is 9.48. The molecule has 0 unspecified atom stereocenters. The van der Waals surface area contributed by atoms with Gasteiger partial charge in [-0.05, 0) is 23.6 Å². The van der Waals surface area contributed by atoms with Gasteiger partial charge in [-0.15, -0.1) is 0 Å². The first-order valence-electron chi connectivity index (χ1n) is 4.85. The Labute approximate surface area is 89.8 Å². The molecule has 1 nitrogen and oxygen atoms in total. The molecule has 0 aromatic heterocycles. The molecule has 15 heavy (non-hydrogen) atoms. The molecule has 0 saturated carbocycles. The van der Waals surface area contributed by atoms with Gasteiger partial charge in [-0.3, -0.25) is 0 Å². The molecule has 72 valence electrons. The Morgan fingerprint density at radius 2 is 1.60 bits per heavy atom. The van der Waals surface area contributed by atoms with Crippen LogP contribution in [0.1, 0.15) is 5.56 Å². The van der Waals surface area contributed by atoms with Crippen LogP contribution >= 0.6 is 0 Å². The molecule has 0 atom stereocenters. The van der Waals surface area contributed by atoms with Gasteiger partial charge in [-0.1, -0.05) is 48.5 Å². The van der Waals surface area contributed by atoms with Crippen molar-refractivity contribution in [3.63, 3.8) is 0 Å². The van der Waals surface area contributed by atoms with Gasteiger partial charge in [-0.25, -0.2) is 4.85 Å². The summed E-state index contributed by atoms with van der Waals surface area (Å²) < 4.78 is 0. The maximum Gasteiger partial charge on any atom is 0.187 e. The van der Waals surface area contributed by atoms with Gasteiger partial charge in [0.25, 0.3) is 0 Å². The third-order valence-electron chi connectivity index (χ3n) is 2.45. The standard InChI is InChI=1S/C14H11N/c1-11-5-3-4-6-14(11)12-7-9-13(15-2)10-8-12/h3-10H,1H3. The van der Waals surface area contributed by atoms with E-state index in [4.69, 9.17) is 6.57 Å². The summed E-state index contributed by atoms with van der Waals surface area (Å²) in [6.45, 7) is 8.98. The number of rotatable bonds is 1. The lowest BCUT2D eigenvalue weighted by atomic mass is 10.0. The van der Waals surface area contributed by atoms with Crippen LogP contribution in [0.15, 0.2) is 48.5 Å². The van der Waals surface area contributed by atoms with Crippen molar-refractivity contribution in [2.45, 2.75) is 6.92 Å². The molecule has 0 fully saturated rings. The summed E-state index contributed by atoms with van der Waals surface area (Å²) in [7, 11) is 0. The molecule has 0 radical (unpaired) electrons. The number of hydrogen-bond donors (Lipinski definition) is 0. The van der Waals surface area contributed by atoms with E-state index in [0.29, 0.717) is 5.69 Å². The molecule has 0 aliphatic rings. The Hall–Kier alpha value is -2.07. The Kier molecular flexibility index (Phi) is 2.51. The largest absolute Gasteiger partial charge is 0.238 e. The molecule has 0 bridgehead atoms. The predicted octanol–water partition coefficient (Wildman–Crippen LogP) is 4.21. The van der Waals surface area contributed by atoms with Gasteiger partial charge in [0.15, 0.2) is 5.69 Å². The van der Waals surface area contributed by atoms with E-state index < -0.39 is 0 Å². The second kappa shape index (κ2) is 3.98. The number of hydrogen-bond acceptors (Lipinski definition) is 0. The average Bonchev–Trinajstić information content (AvgIpc) is 2.30. The fourth-order valence-corrected chi connectivity index (χ4v) is 1.61. The van der Waals surface area contributed by atoms with Crippen molar-refractivity contribution >= 4 is 5.69 Å². The normalized spacial score (nSPS) is 9.60. The van der Waals surface area contributed by atoms with Crippen LogP contribution in [0.5, 0.6) is 0 Å². The Balaban J connectivity index is 2.47. The van der Waals surface area contributed by atoms with Crippen molar-refractivity contribution in [1.29, 1.82) is 0 Å². The molecule has 0 heterocycles. The molecule has 0 saturated heterocycles. The highest BCUT2D eigenvalue weighted by Gasteiger charge is 1.99. The molecule has 0 amide bonds. The predicted molar refractivity (Wildman–Crippen MR) is 62.9 cm³/mol. The van der Waals surface area contributed by atoms with Crippen LogP contribution in [0.25, 0.3) is 16.0 Å². The molecule has 0 aliphatic heterocycles. The monoisotopic (exact) mass is 193 g/mol. The van der Waals surface area contributed by atoms with Crippen LogP contribution in [-0.2, 0) is 0 Å². The topological polar surface area (TPSA) is 4.36 Å². The third kappa shape index (κ3) is 1.89. The molecular formula is C14H11N. The quantitative estimate of drug-likeness (QED) is 0.597. The number of benzene rings is 2. The van der Waals surface area contributed by atoms with E-state index >= 15 is 0 Å². The minimum absolute atomic E-state index is 0.687. The highest BCUT2D eigenvalue weighted by Crippen LogP contribution is 2.25. The van der Waals surface area contributed by atoms with Crippen molar-refractivity contribution in [2.24, 2.45) is 0 Å². The Bertz CT molecular complexity index is 504. The van der Waals surface area contributed by atoms with Crippen molar-refractivity contribution in [3.8, 4) is 11.1 Å². The van der Waals surface area contributed by atoms with Crippen LogP contribution in [0, 0.1) is 13.5 Å². The minimum Gasteiger partial charge on any atom is -0.238 e. The van der Waals surface area contributed by atoms with Gasteiger partial charge in [0, 0.05) is 0 Å². The first-order chi connectivity index (χ1) is 7.31. The summed E-state index contributed by atoms with van der Waals surface area (Å²) in [4.78, 5) is 3.38. The zero-order valence-corrected chi connectivity index (χ0v) is 8.57. The zero-order valence-electron chi connectivity index (χ0n) is 8.57. The van der Waals surface area contributed by atoms with Gasteiger partial charge < -0.3 is 0 Å². The zero-order chi connectivity index (χ0) is 10.7. The number of aryl methyl sites for hydroxylation is 1. The molecule has 2 aromatic carbocycles. The maximum atomic E-state index is 6.89. The molecule has 0 aliphatic carbocycles. The van der Waals surface area contributed by atoms with Crippen molar-refractivity contribution in [1.82, 2.24) is 0 Å². The fraction of sp³-hybridized carbons (Fsp3) is 0.0714. The van der Waals surface area contributed by atoms with Crippen LogP contribution in [0.2, 0.25) is 0 Å². The highest BCUT2D eigenvalue weighted by molar-refractivity contribution is 5.69. The Morgan fingerprint density at radius 1 is 0.933 bits per heavy atom. The smallest absolute Gasteiger partial charge is 0.187 e. The molecule has 0 N–H and O–H groups in total. The lowest BCUT2D eigenvalue weighted by Gasteiger charge is -2.05. The van der Waals surface area contributed by atoms with Crippen molar-refractivity contribution < 1.29 is 0 Å². The average molecular weight is 193 g/mol. The summed E-state index contributed by atoms with van der Waals surface area (Å²) in [6, 6.07) is 16.0. The maximum absolute atomic E-state index is 6.89. The van der Waals surface area contributed by atoms with Gasteiger partial charge >= 0.3 is 0 Å². The van der Waals surface area contributed by atoms with Gasteiger partial charge in [0.05, 0.1) is 6.57 Å². The summed E-state index contributed by atoms with van der Waals surface area (Å²) in [5.74, 6) is 0. The SMILES string of the molecule is [C-]#[N+]c1ccc(-c2ccccc2C)cc1. The lowest BCUT2D eigenvalue weighted by Crippen LogP contribution is -1.81. The van der Waals surface area contributed by atoms with Crippen LogP contribution < -0.4 is 0 Å². The third-order valence-corrected chi connectivity index (χ3v) is 2.45. The van der Waals surface area contributed by atoms with Crippen molar-refractivity contribution in [2.75, 3.05) is 0 Å². The second-order valence-electron chi connectivity index (χ2n) is 3.47. The summed E-state index contributed by atoms with van der Waals surface area (Å²) >= 11 is 0. The van der Waals surface area contributed by atoms with Crippen LogP contribution in [-0.4, -0.2) is 0 Å². The van der Waals surface area contributed by atoms with Crippen LogP contribution in [0.4, 0.5) is 5.69 Å².